The molecule has 0 saturated heterocycles. The third kappa shape index (κ3) is 6.23. The summed E-state index contributed by atoms with van der Waals surface area (Å²) < 4.78 is 24.3. The summed E-state index contributed by atoms with van der Waals surface area (Å²) in [6.07, 6.45) is 0. The van der Waals surface area contributed by atoms with Crippen molar-refractivity contribution in [2.24, 2.45) is 5.92 Å². The monoisotopic (exact) mass is 266 g/mol. The zero-order chi connectivity index (χ0) is 14.1. The van der Waals surface area contributed by atoms with Gasteiger partial charge >= 0.3 is 0 Å². The first-order chi connectivity index (χ1) is 9.13. The predicted molar refractivity (Wildman–Crippen MR) is 71.5 cm³/mol. The van der Waals surface area contributed by atoms with Crippen LogP contribution in [-0.2, 0) is 4.74 Å². The molecule has 0 spiro atoms. The molecule has 104 valence electrons. The van der Waals surface area contributed by atoms with E-state index in [1.165, 1.54) is 12.1 Å². The predicted octanol–water partition coefficient (Wildman–Crippen LogP) is 2.22. The Hall–Kier alpha value is -1.57. The van der Waals surface area contributed by atoms with E-state index in [0.29, 0.717) is 31.5 Å². The van der Waals surface area contributed by atoms with Gasteiger partial charge in [-0.3, -0.25) is 0 Å². The molecule has 19 heavy (non-hydrogen) atoms. The number of hydrogen-bond donors (Lipinski definition) is 1. The van der Waals surface area contributed by atoms with Gasteiger partial charge in [-0.1, -0.05) is 25.7 Å². The van der Waals surface area contributed by atoms with E-state index in [1.54, 1.807) is 6.07 Å². The van der Waals surface area contributed by atoms with Gasteiger partial charge in [0.05, 0.1) is 12.2 Å². The molecule has 0 aliphatic carbocycles. The van der Waals surface area contributed by atoms with Gasteiger partial charge in [-0.2, -0.15) is 0 Å². The van der Waals surface area contributed by atoms with Crippen LogP contribution in [0.3, 0.4) is 0 Å². The van der Waals surface area contributed by atoms with Crippen LogP contribution in [0.25, 0.3) is 0 Å². The number of ether oxygens (including phenoxy) is 2. The zero-order valence-electron chi connectivity index (χ0n) is 11.3. The largest absolute Gasteiger partial charge is 0.491 e. The summed E-state index contributed by atoms with van der Waals surface area (Å²) in [7, 11) is 0. The number of hydrogen-bond acceptors (Lipinski definition) is 3. The van der Waals surface area contributed by atoms with Gasteiger partial charge in [0.2, 0.25) is 0 Å². The standard InChI is InChI=1S/C15H19FO3/c1-12(2)11-18-8-9-19-14-6-5-13(4-3-7-17)15(16)10-14/h5-6,10,12,17H,7-9,11H2,1-2H3. The maximum Gasteiger partial charge on any atom is 0.142 e. The minimum atomic E-state index is -0.457. The van der Waals surface area contributed by atoms with Crippen LogP contribution in [0.2, 0.25) is 0 Å². The molecule has 3 nitrogen and oxygen atoms in total. The number of aliphatic hydroxyl groups excluding tert-OH is 1. The lowest BCUT2D eigenvalue weighted by molar-refractivity contribution is 0.0818. The molecule has 0 radical (unpaired) electrons. The summed E-state index contributed by atoms with van der Waals surface area (Å²) in [4.78, 5) is 0. The van der Waals surface area contributed by atoms with Gasteiger partial charge in [0, 0.05) is 12.7 Å². The van der Waals surface area contributed by atoms with Crippen molar-refractivity contribution in [1.29, 1.82) is 0 Å². The molecule has 0 unspecified atom stereocenters. The first-order valence-electron chi connectivity index (χ1n) is 6.23. The van der Waals surface area contributed by atoms with Crippen LogP contribution in [0.15, 0.2) is 18.2 Å². The van der Waals surface area contributed by atoms with E-state index in [4.69, 9.17) is 14.6 Å². The first kappa shape index (κ1) is 15.5. The third-order valence-corrected chi connectivity index (χ3v) is 2.19. The molecule has 0 aromatic heterocycles. The maximum atomic E-state index is 13.6. The second-order valence-electron chi connectivity index (χ2n) is 4.42. The maximum absolute atomic E-state index is 13.6. The molecule has 1 rings (SSSR count). The smallest absolute Gasteiger partial charge is 0.142 e. The molecule has 0 heterocycles. The highest BCUT2D eigenvalue weighted by atomic mass is 19.1. The highest BCUT2D eigenvalue weighted by molar-refractivity contribution is 5.39. The fourth-order valence-electron chi connectivity index (χ4n) is 1.36. The van der Waals surface area contributed by atoms with Crippen molar-refractivity contribution in [3.05, 3.63) is 29.6 Å². The SMILES string of the molecule is CC(C)COCCOc1ccc(C#CCO)c(F)c1. The Balaban J connectivity index is 2.41. The molecular formula is C15H19FO3. The Labute approximate surface area is 113 Å². The van der Waals surface area contributed by atoms with Gasteiger partial charge < -0.3 is 14.6 Å². The van der Waals surface area contributed by atoms with Crippen LogP contribution < -0.4 is 4.74 Å². The highest BCUT2D eigenvalue weighted by Crippen LogP contribution is 2.15. The van der Waals surface area contributed by atoms with Crippen molar-refractivity contribution in [3.63, 3.8) is 0 Å². The summed E-state index contributed by atoms with van der Waals surface area (Å²) in [6.45, 7) is 5.41. The van der Waals surface area contributed by atoms with Crippen molar-refractivity contribution >= 4 is 0 Å². The van der Waals surface area contributed by atoms with Crippen LogP contribution in [0, 0.1) is 23.6 Å². The van der Waals surface area contributed by atoms with E-state index in [1.807, 2.05) is 0 Å². The van der Waals surface area contributed by atoms with Crippen molar-refractivity contribution in [3.8, 4) is 17.6 Å². The van der Waals surface area contributed by atoms with Gasteiger partial charge in [-0.05, 0) is 18.1 Å². The number of rotatable bonds is 6. The molecule has 0 aliphatic heterocycles. The Morgan fingerprint density at radius 3 is 2.74 bits per heavy atom. The quantitative estimate of drug-likeness (QED) is 0.634. The molecule has 0 bridgehead atoms. The fourth-order valence-corrected chi connectivity index (χ4v) is 1.36. The molecule has 4 heteroatoms. The highest BCUT2D eigenvalue weighted by Gasteiger charge is 2.02. The lowest BCUT2D eigenvalue weighted by atomic mass is 10.2. The van der Waals surface area contributed by atoms with Crippen LogP contribution >= 0.6 is 0 Å². The molecule has 0 atom stereocenters. The molecule has 0 amide bonds. The molecule has 0 saturated carbocycles. The first-order valence-corrected chi connectivity index (χ1v) is 6.23. The molecular weight excluding hydrogens is 247 g/mol. The minimum absolute atomic E-state index is 0.248. The van der Waals surface area contributed by atoms with E-state index >= 15 is 0 Å². The van der Waals surface area contributed by atoms with Crippen molar-refractivity contribution < 1.29 is 19.0 Å². The van der Waals surface area contributed by atoms with Gasteiger partial charge in [0.1, 0.15) is 24.8 Å². The average Bonchev–Trinajstić information content (AvgIpc) is 2.37. The second-order valence-corrected chi connectivity index (χ2v) is 4.42. The molecule has 1 aromatic rings. The van der Waals surface area contributed by atoms with Crippen molar-refractivity contribution in [1.82, 2.24) is 0 Å². The second kappa shape index (κ2) is 8.52. The van der Waals surface area contributed by atoms with E-state index in [-0.39, 0.29) is 12.2 Å². The van der Waals surface area contributed by atoms with E-state index < -0.39 is 5.82 Å². The third-order valence-electron chi connectivity index (χ3n) is 2.19. The fraction of sp³-hybridized carbons (Fsp3) is 0.467. The van der Waals surface area contributed by atoms with Crippen LogP contribution in [0.1, 0.15) is 19.4 Å². The summed E-state index contributed by atoms with van der Waals surface area (Å²) >= 11 is 0. The Morgan fingerprint density at radius 2 is 2.11 bits per heavy atom. The van der Waals surface area contributed by atoms with Gasteiger partial charge in [-0.15, -0.1) is 0 Å². The van der Waals surface area contributed by atoms with E-state index in [9.17, 15) is 4.39 Å². The lowest BCUT2D eigenvalue weighted by Crippen LogP contribution is -2.10. The number of aliphatic hydroxyl groups is 1. The lowest BCUT2D eigenvalue weighted by Gasteiger charge is -2.09. The topological polar surface area (TPSA) is 38.7 Å². The van der Waals surface area contributed by atoms with Crippen LogP contribution in [0.4, 0.5) is 4.39 Å². The normalized spacial score (nSPS) is 10.2. The molecule has 0 fully saturated rings. The number of halogens is 1. The number of benzene rings is 1. The van der Waals surface area contributed by atoms with Gasteiger partial charge in [0.25, 0.3) is 0 Å². The minimum Gasteiger partial charge on any atom is -0.491 e. The van der Waals surface area contributed by atoms with Gasteiger partial charge in [-0.25, -0.2) is 4.39 Å². The molecule has 0 aliphatic rings. The van der Waals surface area contributed by atoms with Gasteiger partial charge in [0.15, 0.2) is 0 Å². The summed E-state index contributed by atoms with van der Waals surface area (Å²) in [6, 6.07) is 4.46. The van der Waals surface area contributed by atoms with Crippen molar-refractivity contribution in [2.45, 2.75) is 13.8 Å². The van der Waals surface area contributed by atoms with E-state index in [2.05, 4.69) is 25.7 Å². The molecule has 1 N–H and O–H groups in total. The summed E-state index contributed by atoms with van der Waals surface area (Å²) in [5.74, 6) is 5.40. The summed E-state index contributed by atoms with van der Waals surface area (Å²) in [5, 5.41) is 8.54. The average molecular weight is 266 g/mol. The summed E-state index contributed by atoms with van der Waals surface area (Å²) in [5.41, 5.74) is 0.248. The van der Waals surface area contributed by atoms with E-state index in [0.717, 1.165) is 0 Å². The Morgan fingerprint density at radius 1 is 1.32 bits per heavy atom. The Bertz CT molecular complexity index is 446. The van der Waals surface area contributed by atoms with Crippen LogP contribution in [-0.4, -0.2) is 31.5 Å². The Kier molecular flexibility index (Phi) is 6.94. The zero-order valence-corrected chi connectivity index (χ0v) is 11.3. The molecule has 1 aromatic carbocycles. The van der Waals surface area contributed by atoms with Crippen molar-refractivity contribution in [2.75, 3.05) is 26.4 Å². The van der Waals surface area contributed by atoms with Crippen LogP contribution in [0.5, 0.6) is 5.75 Å².